The van der Waals surface area contributed by atoms with E-state index in [2.05, 4.69) is 28.1 Å². The Morgan fingerprint density at radius 1 is 1.29 bits per heavy atom. The topological polar surface area (TPSA) is 44.8 Å². The predicted molar refractivity (Wildman–Crippen MR) is 112 cm³/mol. The van der Waals surface area contributed by atoms with E-state index in [1.807, 2.05) is 0 Å². The number of rotatable bonds is 5. The van der Waals surface area contributed by atoms with E-state index in [0.717, 1.165) is 62.7 Å². The van der Waals surface area contributed by atoms with Gasteiger partial charge in [-0.2, -0.15) is 0 Å². The van der Waals surface area contributed by atoms with Gasteiger partial charge in [0.15, 0.2) is 0 Å². The molecular formula is C22H33N3O2S. The van der Waals surface area contributed by atoms with Crippen molar-refractivity contribution >= 4 is 17.2 Å². The van der Waals surface area contributed by atoms with Crippen LogP contribution in [0, 0.1) is 0 Å². The molecule has 1 spiro atoms. The van der Waals surface area contributed by atoms with Crippen molar-refractivity contribution in [2.24, 2.45) is 0 Å². The third kappa shape index (κ3) is 3.64. The molecule has 1 aliphatic carbocycles. The Kier molecular flexibility index (Phi) is 5.24. The third-order valence-corrected chi connectivity index (χ3v) is 8.38. The largest absolute Gasteiger partial charge is 0.370 e. The van der Waals surface area contributed by atoms with Crippen molar-refractivity contribution in [2.45, 2.75) is 69.6 Å². The Balaban J connectivity index is 1.26. The van der Waals surface area contributed by atoms with Crippen LogP contribution in [-0.4, -0.2) is 67.1 Å². The summed E-state index contributed by atoms with van der Waals surface area (Å²) in [5.74, 6) is 0.121. The molecule has 1 unspecified atom stereocenters. The third-order valence-electron chi connectivity index (χ3n) is 7.18. The number of piperidine rings is 1. The van der Waals surface area contributed by atoms with Gasteiger partial charge >= 0.3 is 0 Å². The first-order chi connectivity index (χ1) is 13.7. The Morgan fingerprint density at radius 3 is 2.86 bits per heavy atom. The summed E-state index contributed by atoms with van der Waals surface area (Å²) in [5.41, 5.74) is 1.17. The Bertz CT molecular complexity index is 721. The minimum atomic E-state index is -0.154. The zero-order chi connectivity index (χ0) is 19.1. The number of likely N-dealkylation sites (N-methyl/N-ethyl adjacent to an activating group) is 1. The van der Waals surface area contributed by atoms with E-state index < -0.39 is 0 Å². The van der Waals surface area contributed by atoms with Crippen LogP contribution in [-0.2, 0) is 16.8 Å². The molecule has 5 rings (SSSR count). The number of carbonyl (C=O) groups excluding carboxylic acids is 1. The summed E-state index contributed by atoms with van der Waals surface area (Å²) < 4.78 is 6.42. The standard InChI is InChI=1S/C22H33N3O2S/c1-2-25-10-3-4-17(25)15-24-11-8-22(9-12-24)18-14-20(21(26)23-16-5-6-16)28-19(18)7-13-27-22/h14,16-17H,2-13,15H2,1H3,(H,23,26). The maximum absolute atomic E-state index is 12.5. The Morgan fingerprint density at radius 2 is 2.11 bits per heavy atom. The van der Waals surface area contributed by atoms with E-state index in [4.69, 9.17) is 4.74 Å². The zero-order valence-corrected chi connectivity index (χ0v) is 17.9. The molecule has 0 bridgehead atoms. The second kappa shape index (κ2) is 7.71. The number of hydrogen-bond donors (Lipinski definition) is 1. The van der Waals surface area contributed by atoms with Crippen molar-refractivity contribution < 1.29 is 9.53 Å². The van der Waals surface area contributed by atoms with Crippen molar-refractivity contribution in [1.29, 1.82) is 0 Å². The van der Waals surface area contributed by atoms with Gasteiger partial charge in [-0.1, -0.05) is 6.92 Å². The molecule has 4 heterocycles. The molecule has 3 aliphatic heterocycles. The van der Waals surface area contributed by atoms with E-state index in [1.165, 1.54) is 42.9 Å². The molecule has 4 aliphatic rings. The monoisotopic (exact) mass is 403 g/mol. The number of thiophene rings is 1. The SMILES string of the molecule is CCN1CCCC1CN1CCC2(CC1)OCCc1sc(C(=O)NC3CC3)cc12. The van der Waals surface area contributed by atoms with Gasteiger partial charge in [0, 0.05) is 43.0 Å². The summed E-state index contributed by atoms with van der Waals surface area (Å²) in [6.45, 7) is 8.94. The average molecular weight is 404 g/mol. The molecule has 154 valence electrons. The van der Waals surface area contributed by atoms with Gasteiger partial charge in [-0.3, -0.25) is 9.69 Å². The highest BCUT2D eigenvalue weighted by molar-refractivity contribution is 7.14. The first-order valence-electron chi connectivity index (χ1n) is 11.2. The highest BCUT2D eigenvalue weighted by atomic mass is 32.1. The normalized spacial score (nSPS) is 27.8. The number of amides is 1. The van der Waals surface area contributed by atoms with Crippen molar-refractivity contribution in [3.8, 4) is 0 Å². The lowest BCUT2D eigenvalue weighted by atomic mass is 9.82. The molecule has 0 aromatic carbocycles. The number of nitrogens with one attached hydrogen (secondary N) is 1. The smallest absolute Gasteiger partial charge is 0.261 e. The van der Waals surface area contributed by atoms with Crippen LogP contribution in [0.25, 0.3) is 0 Å². The van der Waals surface area contributed by atoms with Crippen LogP contribution >= 0.6 is 11.3 Å². The van der Waals surface area contributed by atoms with Gasteiger partial charge in [0.1, 0.15) is 0 Å². The number of nitrogens with zero attached hydrogens (tertiary/aromatic N) is 2. The molecule has 1 aromatic rings. The van der Waals surface area contributed by atoms with Crippen LogP contribution in [0.1, 0.15) is 65.6 Å². The number of likely N-dealkylation sites (tertiary alicyclic amines) is 2. The van der Waals surface area contributed by atoms with E-state index >= 15 is 0 Å². The van der Waals surface area contributed by atoms with Crippen LogP contribution in [0.2, 0.25) is 0 Å². The van der Waals surface area contributed by atoms with Gasteiger partial charge in [0.2, 0.25) is 0 Å². The molecule has 5 nitrogen and oxygen atoms in total. The summed E-state index contributed by atoms with van der Waals surface area (Å²) in [5, 5.41) is 3.15. The average Bonchev–Trinajstić information content (AvgIpc) is 3.22. The van der Waals surface area contributed by atoms with Gasteiger partial charge in [-0.05, 0) is 63.2 Å². The number of carbonyl (C=O) groups is 1. The van der Waals surface area contributed by atoms with Crippen LogP contribution in [0.5, 0.6) is 0 Å². The predicted octanol–water partition coefficient (Wildman–Crippen LogP) is 2.99. The fourth-order valence-electron chi connectivity index (χ4n) is 5.34. The molecule has 3 fully saturated rings. The quantitative estimate of drug-likeness (QED) is 0.821. The van der Waals surface area contributed by atoms with Gasteiger partial charge < -0.3 is 15.0 Å². The molecule has 1 aromatic heterocycles. The van der Waals surface area contributed by atoms with E-state index in [1.54, 1.807) is 11.3 Å². The Hall–Kier alpha value is -0.950. The van der Waals surface area contributed by atoms with Crippen LogP contribution < -0.4 is 5.32 Å². The molecule has 0 radical (unpaired) electrons. The number of fused-ring (bicyclic) bond motifs is 2. The van der Waals surface area contributed by atoms with E-state index in [9.17, 15) is 4.79 Å². The highest BCUT2D eigenvalue weighted by Gasteiger charge is 2.43. The first kappa shape index (κ1) is 19.0. The summed E-state index contributed by atoms with van der Waals surface area (Å²) >= 11 is 1.70. The lowest BCUT2D eigenvalue weighted by molar-refractivity contribution is -0.0985. The molecule has 1 N–H and O–H groups in total. The maximum atomic E-state index is 12.5. The number of ether oxygens (including phenoxy) is 1. The Labute approximate surface area is 172 Å². The lowest BCUT2D eigenvalue weighted by Crippen LogP contribution is -2.49. The first-order valence-corrected chi connectivity index (χ1v) is 12.0. The van der Waals surface area contributed by atoms with Crippen LogP contribution in [0.4, 0.5) is 0 Å². The molecule has 6 heteroatoms. The summed E-state index contributed by atoms with van der Waals surface area (Å²) in [7, 11) is 0. The summed E-state index contributed by atoms with van der Waals surface area (Å²) in [4.78, 5) is 20.1. The van der Waals surface area contributed by atoms with E-state index in [-0.39, 0.29) is 11.5 Å². The minimum Gasteiger partial charge on any atom is -0.370 e. The van der Waals surface area contributed by atoms with Gasteiger partial charge in [0.25, 0.3) is 5.91 Å². The van der Waals surface area contributed by atoms with Crippen molar-refractivity contribution in [2.75, 3.05) is 39.3 Å². The fraction of sp³-hybridized carbons (Fsp3) is 0.773. The van der Waals surface area contributed by atoms with Crippen molar-refractivity contribution in [3.05, 3.63) is 21.4 Å². The minimum absolute atomic E-state index is 0.121. The van der Waals surface area contributed by atoms with Gasteiger partial charge in [-0.25, -0.2) is 0 Å². The van der Waals surface area contributed by atoms with Crippen molar-refractivity contribution in [3.63, 3.8) is 0 Å². The second-order valence-corrected chi connectivity index (χ2v) is 10.1. The van der Waals surface area contributed by atoms with Crippen LogP contribution in [0.3, 0.4) is 0 Å². The second-order valence-electron chi connectivity index (χ2n) is 9.01. The molecule has 1 atom stereocenters. The molecule has 2 saturated heterocycles. The lowest BCUT2D eigenvalue weighted by Gasteiger charge is -2.45. The molecule has 28 heavy (non-hydrogen) atoms. The zero-order valence-electron chi connectivity index (χ0n) is 17.0. The summed E-state index contributed by atoms with van der Waals surface area (Å²) in [6.07, 6.45) is 8.03. The van der Waals surface area contributed by atoms with E-state index in [0.29, 0.717) is 6.04 Å². The van der Waals surface area contributed by atoms with Crippen LogP contribution in [0.15, 0.2) is 6.07 Å². The highest BCUT2D eigenvalue weighted by Crippen LogP contribution is 2.44. The van der Waals surface area contributed by atoms with Gasteiger partial charge in [-0.15, -0.1) is 11.3 Å². The summed E-state index contributed by atoms with van der Waals surface area (Å²) in [6, 6.07) is 3.31. The fourth-order valence-corrected chi connectivity index (χ4v) is 6.47. The number of hydrogen-bond acceptors (Lipinski definition) is 5. The van der Waals surface area contributed by atoms with Gasteiger partial charge in [0.05, 0.1) is 17.1 Å². The maximum Gasteiger partial charge on any atom is 0.261 e. The molecule has 1 amide bonds. The van der Waals surface area contributed by atoms with Crippen molar-refractivity contribution in [1.82, 2.24) is 15.1 Å². The molecule has 1 saturated carbocycles. The molecular weight excluding hydrogens is 370 g/mol.